The van der Waals surface area contributed by atoms with E-state index >= 15 is 0 Å². The molecule has 30 heavy (non-hydrogen) atoms. The first kappa shape index (κ1) is 24.1. The first-order valence-corrected chi connectivity index (χ1v) is 11.9. The molecule has 0 spiro atoms. The summed E-state index contributed by atoms with van der Waals surface area (Å²) < 4.78 is 38.8. The zero-order valence-electron chi connectivity index (χ0n) is 18.3. The van der Waals surface area contributed by atoms with Gasteiger partial charge < -0.3 is 10.6 Å². The molecule has 0 fully saturated rings. The van der Waals surface area contributed by atoms with Gasteiger partial charge >= 0.3 is 0 Å². The van der Waals surface area contributed by atoms with Crippen molar-refractivity contribution in [3.05, 3.63) is 65.0 Å². The molecule has 2 aromatic carbocycles. The number of benzene rings is 2. The molecule has 0 atom stereocenters. The Hall–Kier alpha value is -2.19. The molecule has 0 amide bonds. The summed E-state index contributed by atoms with van der Waals surface area (Å²) in [5.41, 5.74) is 2.62. The maximum Gasteiger partial charge on any atom is 0.229 e. The van der Waals surface area contributed by atoms with Crippen molar-refractivity contribution in [3.8, 4) is 0 Å². The van der Waals surface area contributed by atoms with Crippen LogP contribution in [0.1, 0.15) is 51.3 Å². The van der Waals surface area contributed by atoms with Crippen LogP contribution in [0.5, 0.6) is 0 Å². The Morgan fingerprint density at radius 2 is 1.57 bits per heavy atom. The molecule has 0 heterocycles. The Bertz CT molecular complexity index is 1010. The molecule has 0 aromatic heterocycles. The summed E-state index contributed by atoms with van der Waals surface area (Å²) in [6.07, 6.45) is 0.977. The molecule has 0 saturated heterocycles. The lowest BCUT2D eigenvalue weighted by Crippen LogP contribution is -2.46. The molecule has 0 aliphatic rings. The third-order valence-electron chi connectivity index (χ3n) is 4.68. The summed E-state index contributed by atoms with van der Waals surface area (Å²) >= 11 is 5.41. The van der Waals surface area contributed by atoms with E-state index in [1.807, 2.05) is 13.8 Å². The van der Waals surface area contributed by atoms with E-state index in [0.29, 0.717) is 17.2 Å². The van der Waals surface area contributed by atoms with Gasteiger partial charge in [-0.05, 0) is 60.3 Å². The number of thiocarbonyl (C=S) groups is 1. The fourth-order valence-electron chi connectivity index (χ4n) is 2.92. The summed E-state index contributed by atoms with van der Waals surface area (Å²) in [4.78, 5) is 0. The van der Waals surface area contributed by atoms with Gasteiger partial charge in [-0.2, -0.15) is 0 Å². The zero-order valence-corrected chi connectivity index (χ0v) is 19.9. The maximum absolute atomic E-state index is 14.1. The van der Waals surface area contributed by atoms with Crippen LogP contribution < -0.4 is 15.4 Å². The van der Waals surface area contributed by atoms with Crippen LogP contribution >= 0.6 is 12.2 Å². The molecule has 0 unspecified atom stereocenters. The third-order valence-corrected chi connectivity index (χ3v) is 5.52. The number of hydrogen-bond donors (Lipinski definition) is 3. The SMILES string of the molecule is CC(C)(C)c1ccc(C(C)(C)NC(=S)NCc2ccc(NS(C)(=O)=O)c(F)c2)cc1. The molecule has 0 radical (unpaired) electrons. The van der Waals surface area contributed by atoms with Gasteiger partial charge in [-0.3, -0.25) is 4.72 Å². The van der Waals surface area contributed by atoms with Gasteiger partial charge in [0.05, 0.1) is 17.5 Å². The lowest BCUT2D eigenvalue weighted by Gasteiger charge is -2.29. The van der Waals surface area contributed by atoms with Gasteiger partial charge in [-0.25, -0.2) is 12.8 Å². The fraction of sp³-hybridized carbons (Fsp3) is 0.409. The van der Waals surface area contributed by atoms with Crippen LogP contribution in [-0.2, 0) is 27.5 Å². The molecule has 2 aromatic rings. The summed E-state index contributed by atoms with van der Waals surface area (Å²) in [6.45, 7) is 10.9. The van der Waals surface area contributed by atoms with E-state index in [1.165, 1.54) is 17.7 Å². The van der Waals surface area contributed by atoms with E-state index in [1.54, 1.807) is 6.07 Å². The Morgan fingerprint density at radius 1 is 1.00 bits per heavy atom. The highest BCUT2D eigenvalue weighted by Gasteiger charge is 2.22. The van der Waals surface area contributed by atoms with Crippen molar-refractivity contribution in [1.29, 1.82) is 0 Å². The lowest BCUT2D eigenvalue weighted by molar-refractivity contribution is 0.480. The minimum atomic E-state index is -3.53. The minimum Gasteiger partial charge on any atom is -0.359 e. The van der Waals surface area contributed by atoms with Gasteiger partial charge in [0.25, 0.3) is 0 Å². The Morgan fingerprint density at radius 3 is 2.07 bits per heavy atom. The molecule has 5 nitrogen and oxygen atoms in total. The topological polar surface area (TPSA) is 70.2 Å². The molecule has 164 valence electrons. The quantitative estimate of drug-likeness (QED) is 0.568. The zero-order chi connectivity index (χ0) is 22.7. The van der Waals surface area contributed by atoms with Crippen molar-refractivity contribution < 1.29 is 12.8 Å². The average Bonchev–Trinajstić information content (AvgIpc) is 2.60. The highest BCUT2D eigenvalue weighted by Crippen LogP contribution is 2.26. The molecule has 0 bridgehead atoms. The van der Waals surface area contributed by atoms with Gasteiger partial charge in [-0.1, -0.05) is 51.1 Å². The van der Waals surface area contributed by atoms with Crippen LogP contribution in [0.25, 0.3) is 0 Å². The summed E-state index contributed by atoms with van der Waals surface area (Å²) in [7, 11) is -3.53. The van der Waals surface area contributed by atoms with Crippen LogP contribution in [0.2, 0.25) is 0 Å². The number of nitrogens with one attached hydrogen (secondary N) is 3. The van der Waals surface area contributed by atoms with Gasteiger partial charge in [0.2, 0.25) is 10.0 Å². The van der Waals surface area contributed by atoms with Crippen molar-refractivity contribution in [2.45, 2.75) is 52.1 Å². The molecule has 2 rings (SSSR count). The van der Waals surface area contributed by atoms with Crippen molar-refractivity contribution in [2.75, 3.05) is 11.0 Å². The highest BCUT2D eigenvalue weighted by atomic mass is 32.2. The van der Waals surface area contributed by atoms with Gasteiger partial charge in [-0.15, -0.1) is 0 Å². The van der Waals surface area contributed by atoms with E-state index in [9.17, 15) is 12.8 Å². The van der Waals surface area contributed by atoms with Crippen molar-refractivity contribution in [1.82, 2.24) is 10.6 Å². The van der Waals surface area contributed by atoms with Crippen LogP contribution in [0, 0.1) is 5.82 Å². The largest absolute Gasteiger partial charge is 0.359 e. The normalized spacial score (nSPS) is 12.4. The highest BCUT2D eigenvalue weighted by molar-refractivity contribution is 7.92. The summed E-state index contributed by atoms with van der Waals surface area (Å²) in [5.74, 6) is -0.641. The molecular formula is C22H30FN3O2S2. The molecule has 3 N–H and O–H groups in total. The standard InChI is InChI=1S/C22H30FN3O2S2/c1-21(2,3)16-8-10-17(11-9-16)22(4,5)25-20(29)24-14-15-7-12-19(18(23)13-15)26-30(6,27)28/h7-13,26H,14H2,1-6H3,(H2,24,25,29). The minimum absolute atomic E-state index is 0.0817. The number of rotatable bonds is 6. The molecule has 0 aliphatic heterocycles. The average molecular weight is 452 g/mol. The fourth-order valence-corrected chi connectivity index (χ4v) is 3.81. The molecular weight excluding hydrogens is 421 g/mol. The Labute approximate surface area is 184 Å². The van der Waals surface area contributed by atoms with Gasteiger partial charge in [0.1, 0.15) is 5.82 Å². The Balaban J connectivity index is 1.99. The number of hydrogen-bond acceptors (Lipinski definition) is 3. The third kappa shape index (κ3) is 6.95. The molecule has 0 aliphatic carbocycles. The van der Waals surface area contributed by atoms with Crippen LogP contribution in [-0.4, -0.2) is 19.8 Å². The van der Waals surface area contributed by atoms with Crippen LogP contribution in [0.4, 0.5) is 10.1 Å². The predicted molar refractivity (Wildman–Crippen MR) is 126 cm³/mol. The first-order valence-electron chi connectivity index (χ1n) is 9.61. The molecule has 0 saturated carbocycles. The smallest absolute Gasteiger partial charge is 0.229 e. The van der Waals surface area contributed by atoms with E-state index in [4.69, 9.17) is 12.2 Å². The van der Waals surface area contributed by atoms with Crippen molar-refractivity contribution in [2.24, 2.45) is 0 Å². The first-order chi connectivity index (χ1) is 13.7. The van der Waals surface area contributed by atoms with E-state index in [0.717, 1.165) is 11.8 Å². The van der Waals surface area contributed by atoms with Crippen LogP contribution in [0.15, 0.2) is 42.5 Å². The van der Waals surface area contributed by atoms with Crippen LogP contribution in [0.3, 0.4) is 0 Å². The van der Waals surface area contributed by atoms with E-state index < -0.39 is 21.4 Å². The van der Waals surface area contributed by atoms with Gasteiger partial charge in [0.15, 0.2) is 5.11 Å². The lowest BCUT2D eigenvalue weighted by atomic mass is 9.84. The van der Waals surface area contributed by atoms with Crippen molar-refractivity contribution >= 4 is 33.0 Å². The number of sulfonamides is 1. The molecule has 8 heteroatoms. The maximum atomic E-state index is 14.1. The number of anilines is 1. The van der Waals surface area contributed by atoms with E-state index in [-0.39, 0.29) is 11.1 Å². The van der Waals surface area contributed by atoms with Crippen molar-refractivity contribution in [3.63, 3.8) is 0 Å². The monoisotopic (exact) mass is 451 g/mol. The van der Waals surface area contributed by atoms with E-state index in [2.05, 4.69) is 60.4 Å². The Kier molecular flexibility index (Phi) is 7.14. The van der Waals surface area contributed by atoms with Gasteiger partial charge in [0, 0.05) is 6.54 Å². The number of halogens is 1. The summed E-state index contributed by atoms with van der Waals surface area (Å²) in [6, 6.07) is 12.8. The second kappa shape index (κ2) is 8.89. The second-order valence-electron chi connectivity index (χ2n) is 8.95. The predicted octanol–water partition coefficient (Wildman–Crippen LogP) is 4.39. The summed E-state index contributed by atoms with van der Waals surface area (Å²) in [5, 5.41) is 6.81. The second-order valence-corrected chi connectivity index (χ2v) is 11.1.